The Hall–Kier alpha value is -2.98. The lowest BCUT2D eigenvalue weighted by atomic mass is 10.0. The Morgan fingerprint density at radius 2 is 1.76 bits per heavy atom. The highest BCUT2D eigenvalue weighted by Gasteiger charge is 2.23. The van der Waals surface area contributed by atoms with E-state index in [0.29, 0.717) is 6.54 Å². The van der Waals surface area contributed by atoms with Crippen LogP contribution >= 0.6 is 11.3 Å². The van der Waals surface area contributed by atoms with Crippen LogP contribution in [0.5, 0.6) is 0 Å². The molecule has 0 N–H and O–H groups in total. The Labute approximate surface area is 175 Å². The SMILES string of the molecule is CCc1ccc2nc(N(Cc3ccccc3)C(=O)c3ccc(C)cc3C)sc2c1. The fourth-order valence-corrected chi connectivity index (χ4v) is 4.51. The second kappa shape index (κ2) is 8.18. The number of thiazole rings is 1. The Morgan fingerprint density at radius 1 is 0.966 bits per heavy atom. The maximum Gasteiger partial charge on any atom is 0.260 e. The number of carbonyl (C=O) groups is 1. The number of aryl methyl sites for hydroxylation is 3. The van der Waals surface area contributed by atoms with Crippen molar-refractivity contribution in [2.45, 2.75) is 33.7 Å². The summed E-state index contributed by atoms with van der Waals surface area (Å²) in [4.78, 5) is 20.2. The second-order valence-electron chi connectivity index (χ2n) is 7.35. The van der Waals surface area contributed by atoms with Crippen molar-refractivity contribution in [2.75, 3.05) is 4.90 Å². The molecule has 29 heavy (non-hydrogen) atoms. The molecular formula is C25H24N2OS. The van der Waals surface area contributed by atoms with Gasteiger partial charge in [-0.1, -0.05) is 72.4 Å². The minimum absolute atomic E-state index is 0.0128. The van der Waals surface area contributed by atoms with Crippen LogP contribution < -0.4 is 4.90 Å². The minimum Gasteiger partial charge on any atom is -0.279 e. The molecule has 0 bridgehead atoms. The molecule has 1 aromatic heterocycles. The predicted octanol–water partition coefficient (Wildman–Crippen LogP) is 6.32. The van der Waals surface area contributed by atoms with Crippen LogP contribution in [-0.4, -0.2) is 10.9 Å². The van der Waals surface area contributed by atoms with Crippen LogP contribution in [0.4, 0.5) is 5.13 Å². The van der Waals surface area contributed by atoms with E-state index in [1.54, 1.807) is 11.3 Å². The van der Waals surface area contributed by atoms with E-state index in [4.69, 9.17) is 4.98 Å². The van der Waals surface area contributed by atoms with Crippen molar-refractivity contribution < 1.29 is 4.79 Å². The number of fused-ring (bicyclic) bond motifs is 1. The molecule has 0 aliphatic rings. The van der Waals surface area contributed by atoms with Crippen LogP contribution in [0.1, 0.15) is 39.5 Å². The Kier molecular flexibility index (Phi) is 5.45. The first kappa shape index (κ1) is 19.3. The van der Waals surface area contributed by atoms with Gasteiger partial charge in [-0.15, -0.1) is 0 Å². The number of hydrogen-bond donors (Lipinski definition) is 0. The summed E-state index contributed by atoms with van der Waals surface area (Å²) in [6, 6.07) is 22.4. The minimum atomic E-state index is -0.0128. The molecule has 146 valence electrons. The van der Waals surface area contributed by atoms with Gasteiger partial charge in [0.15, 0.2) is 5.13 Å². The molecule has 0 spiro atoms. The summed E-state index contributed by atoms with van der Waals surface area (Å²) < 4.78 is 1.12. The van der Waals surface area contributed by atoms with Crippen LogP contribution in [0.15, 0.2) is 66.7 Å². The van der Waals surface area contributed by atoms with E-state index < -0.39 is 0 Å². The summed E-state index contributed by atoms with van der Waals surface area (Å²) in [6.45, 7) is 6.68. The fourth-order valence-electron chi connectivity index (χ4n) is 3.48. The molecule has 3 nitrogen and oxygen atoms in total. The first-order chi connectivity index (χ1) is 14.0. The number of aromatic nitrogens is 1. The Bertz CT molecular complexity index is 1160. The average Bonchev–Trinajstić information content (AvgIpc) is 3.15. The molecule has 3 aromatic carbocycles. The van der Waals surface area contributed by atoms with Crippen LogP contribution in [0.25, 0.3) is 10.2 Å². The lowest BCUT2D eigenvalue weighted by Crippen LogP contribution is -2.30. The van der Waals surface area contributed by atoms with Gasteiger partial charge in [-0.3, -0.25) is 9.69 Å². The van der Waals surface area contributed by atoms with Gasteiger partial charge in [0.05, 0.1) is 16.8 Å². The standard InChI is InChI=1S/C25H24N2OS/c1-4-19-11-13-22-23(15-19)29-25(26-22)27(16-20-8-6-5-7-9-20)24(28)21-12-10-17(2)14-18(21)3/h5-15H,4,16H2,1-3H3. The molecule has 4 heteroatoms. The molecule has 1 amide bonds. The summed E-state index contributed by atoms with van der Waals surface area (Å²) in [5.74, 6) is -0.0128. The van der Waals surface area contributed by atoms with Gasteiger partial charge >= 0.3 is 0 Å². The Morgan fingerprint density at radius 3 is 2.48 bits per heavy atom. The normalized spacial score (nSPS) is 11.0. The monoisotopic (exact) mass is 400 g/mol. The molecule has 4 aromatic rings. The highest BCUT2D eigenvalue weighted by atomic mass is 32.1. The number of benzene rings is 3. The zero-order valence-electron chi connectivity index (χ0n) is 17.0. The molecule has 0 unspecified atom stereocenters. The zero-order chi connectivity index (χ0) is 20.4. The molecule has 0 saturated heterocycles. The van der Waals surface area contributed by atoms with Crippen molar-refractivity contribution in [3.05, 3.63) is 94.5 Å². The quantitative estimate of drug-likeness (QED) is 0.392. The molecule has 0 aliphatic carbocycles. The number of nitrogens with zero attached hydrogens (tertiary/aromatic N) is 2. The highest BCUT2D eigenvalue weighted by molar-refractivity contribution is 7.22. The summed E-state index contributed by atoms with van der Waals surface area (Å²) in [6.07, 6.45) is 0.985. The van der Waals surface area contributed by atoms with Gasteiger partial charge in [0, 0.05) is 5.56 Å². The summed E-state index contributed by atoms with van der Waals surface area (Å²) in [5, 5.41) is 0.738. The van der Waals surface area contributed by atoms with Crippen molar-refractivity contribution in [3.8, 4) is 0 Å². The van der Waals surface area contributed by atoms with E-state index in [1.807, 2.05) is 61.2 Å². The predicted molar refractivity (Wildman–Crippen MR) is 122 cm³/mol. The molecular weight excluding hydrogens is 376 g/mol. The van der Waals surface area contributed by atoms with Crippen LogP contribution in [0, 0.1) is 13.8 Å². The second-order valence-corrected chi connectivity index (χ2v) is 8.36. The summed E-state index contributed by atoms with van der Waals surface area (Å²) >= 11 is 1.58. The van der Waals surface area contributed by atoms with Crippen molar-refractivity contribution in [3.63, 3.8) is 0 Å². The fraction of sp³-hybridized carbons (Fsp3) is 0.200. The zero-order valence-corrected chi connectivity index (χ0v) is 17.8. The number of rotatable bonds is 5. The number of carbonyl (C=O) groups excluding carboxylic acids is 1. The van der Waals surface area contributed by atoms with E-state index in [2.05, 4.69) is 31.2 Å². The number of anilines is 1. The maximum absolute atomic E-state index is 13.6. The van der Waals surface area contributed by atoms with Crippen molar-refractivity contribution in [1.29, 1.82) is 0 Å². The van der Waals surface area contributed by atoms with Crippen LogP contribution in [0.3, 0.4) is 0 Å². The van der Waals surface area contributed by atoms with Gasteiger partial charge in [-0.2, -0.15) is 0 Å². The van der Waals surface area contributed by atoms with Crippen LogP contribution in [0.2, 0.25) is 0 Å². The first-order valence-electron chi connectivity index (χ1n) is 9.87. The molecule has 0 fully saturated rings. The first-order valence-corrected chi connectivity index (χ1v) is 10.7. The molecule has 0 atom stereocenters. The van der Waals surface area contributed by atoms with Crippen LogP contribution in [-0.2, 0) is 13.0 Å². The van der Waals surface area contributed by atoms with Gasteiger partial charge in [-0.05, 0) is 55.2 Å². The van der Waals surface area contributed by atoms with Crippen molar-refractivity contribution >= 4 is 32.6 Å². The number of hydrogen-bond acceptors (Lipinski definition) is 3. The van der Waals surface area contributed by atoms with E-state index in [1.165, 1.54) is 5.56 Å². The third kappa shape index (κ3) is 4.08. The average molecular weight is 401 g/mol. The van der Waals surface area contributed by atoms with E-state index in [0.717, 1.165) is 44.0 Å². The smallest absolute Gasteiger partial charge is 0.260 e. The summed E-state index contributed by atoms with van der Waals surface area (Å²) in [5.41, 5.74) is 6.17. The van der Waals surface area contributed by atoms with Crippen molar-refractivity contribution in [1.82, 2.24) is 4.98 Å². The van der Waals surface area contributed by atoms with Gasteiger partial charge in [0.1, 0.15) is 0 Å². The third-order valence-corrected chi connectivity index (χ3v) is 6.16. The van der Waals surface area contributed by atoms with Gasteiger partial charge < -0.3 is 0 Å². The van der Waals surface area contributed by atoms with E-state index >= 15 is 0 Å². The molecule has 1 heterocycles. The largest absolute Gasteiger partial charge is 0.279 e. The highest BCUT2D eigenvalue weighted by Crippen LogP contribution is 2.32. The number of amides is 1. The summed E-state index contributed by atoms with van der Waals surface area (Å²) in [7, 11) is 0. The molecule has 0 radical (unpaired) electrons. The molecule has 0 aliphatic heterocycles. The van der Waals surface area contributed by atoms with Gasteiger partial charge in [0.25, 0.3) is 5.91 Å². The molecule has 4 rings (SSSR count). The van der Waals surface area contributed by atoms with E-state index in [-0.39, 0.29) is 5.91 Å². The van der Waals surface area contributed by atoms with Gasteiger partial charge in [-0.25, -0.2) is 4.98 Å². The topological polar surface area (TPSA) is 33.2 Å². The lowest BCUT2D eigenvalue weighted by Gasteiger charge is -2.21. The lowest BCUT2D eigenvalue weighted by molar-refractivity contribution is 0.0984. The molecule has 0 saturated carbocycles. The maximum atomic E-state index is 13.6. The Balaban J connectivity index is 1.78. The van der Waals surface area contributed by atoms with E-state index in [9.17, 15) is 4.79 Å². The third-order valence-electron chi connectivity index (χ3n) is 5.12. The van der Waals surface area contributed by atoms with Gasteiger partial charge in [0.2, 0.25) is 0 Å². The van der Waals surface area contributed by atoms with Crippen molar-refractivity contribution in [2.24, 2.45) is 0 Å².